The van der Waals surface area contributed by atoms with Gasteiger partial charge in [0.25, 0.3) is 0 Å². The van der Waals surface area contributed by atoms with Crippen molar-refractivity contribution >= 4 is 6.01 Å². The third-order valence-corrected chi connectivity index (χ3v) is 2.00. The van der Waals surface area contributed by atoms with Gasteiger partial charge in [-0.2, -0.15) is 0 Å². The highest BCUT2D eigenvalue weighted by Gasteiger charge is 1.89. The first-order valence-electron chi connectivity index (χ1n) is 6.58. The first kappa shape index (κ1) is 17.4. The second kappa shape index (κ2) is 10.3. The van der Waals surface area contributed by atoms with E-state index in [4.69, 9.17) is 10.8 Å². The van der Waals surface area contributed by atoms with Gasteiger partial charge in [-0.3, -0.25) is 0 Å². The molecule has 19 heavy (non-hydrogen) atoms. The molecule has 1 aromatic rings. The summed E-state index contributed by atoms with van der Waals surface area (Å²) in [6, 6.07) is 10.4. The summed E-state index contributed by atoms with van der Waals surface area (Å²) in [6.45, 7) is 8.67. The van der Waals surface area contributed by atoms with E-state index < -0.39 is 0 Å². The number of hydrogen-bond donors (Lipinski definition) is 2. The Labute approximate surface area is 116 Å². The summed E-state index contributed by atoms with van der Waals surface area (Å²) < 4.78 is 0. The highest BCUT2D eigenvalue weighted by molar-refractivity contribution is 5.41. The molecule has 0 aliphatic rings. The van der Waals surface area contributed by atoms with Crippen LogP contribution in [-0.4, -0.2) is 29.7 Å². The van der Waals surface area contributed by atoms with Crippen molar-refractivity contribution in [3.63, 3.8) is 0 Å². The molecule has 1 rings (SSSR count). The number of aromatic hydroxyl groups is 1. The Hall–Kier alpha value is -1.64. The van der Waals surface area contributed by atoms with Crippen molar-refractivity contribution in [3.8, 4) is 5.75 Å². The van der Waals surface area contributed by atoms with Crippen molar-refractivity contribution in [2.75, 3.05) is 6.54 Å². The molecule has 0 fully saturated rings. The molecule has 0 aliphatic heterocycles. The third-order valence-electron chi connectivity index (χ3n) is 2.00. The monoisotopic (exact) mass is 263 g/mol. The van der Waals surface area contributed by atoms with Crippen molar-refractivity contribution < 1.29 is 5.11 Å². The largest absolute Gasteiger partial charge is 0.508 e. The number of rotatable bonds is 4. The van der Waals surface area contributed by atoms with Crippen LogP contribution in [0.4, 0.5) is 0 Å². The maximum absolute atomic E-state index is 8.89. The predicted molar refractivity (Wildman–Crippen MR) is 81.0 cm³/mol. The fourth-order valence-corrected chi connectivity index (χ4v) is 1.09. The highest BCUT2D eigenvalue weighted by Crippen LogP contribution is 2.09. The van der Waals surface area contributed by atoms with Crippen LogP contribution in [0.2, 0.25) is 0 Å². The van der Waals surface area contributed by atoms with Crippen LogP contribution in [0.1, 0.15) is 33.3 Å². The van der Waals surface area contributed by atoms with E-state index in [9.17, 15) is 0 Å². The number of aliphatic imine (C=N–C) groups is 2. The molecule has 0 heterocycles. The smallest absolute Gasteiger partial charge is 0.115 e. The number of benzene rings is 1. The number of hydrogen-bond acceptors (Lipinski definition) is 4. The lowest BCUT2D eigenvalue weighted by molar-refractivity contribution is 0.475. The zero-order chi connectivity index (χ0) is 14.7. The Bertz CT molecular complexity index is 378. The van der Waals surface area contributed by atoms with Crippen molar-refractivity contribution in [2.45, 2.75) is 46.2 Å². The van der Waals surface area contributed by atoms with Crippen molar-refractivity contribution in [1.82, 2.24) is 0 Å². The van der Waals surface area contributed by atoms with Gasteiger partial charge in [0.15, 0.2) is 0 Å². The van der Waals surface area contributed by atoms with Gasteiger partial charge in [-0.25, -0.2) is 9.98 Å². The summed E-state index contributed by atoms with van der Waals surface area (Å²) in [5.41, 5.74) is 6.50. The minimum atomic E-state index is 0.306. The molecule has 1 aromatic carbocycles. The van der Waals surface area contributed by atoms with E-state index in [0.29, 0.717) is 24.4 Å². The summed E-state index contributed by atoms with van der Waals surface area (Å²) in [7, 11) is 0. The van der Waals surface area contributed by atoms with Gasteiger partial charge < -0.3 is 10.8 Å². The van der Waals surface area contributed by atoms with Gasteiger partial charge in [-0.15, -0.1) is 0 Å². The van der Waals surface area contributed by atoms with Gasteiger partial charge in [0, 0.05) is 0 Å². The maximum Gasteiger partial charge on any atom is 0.115 e. The molecule has 0 aromatic heterocycles. The minimum Gasteiger partial charge on any atom is -0.508 e. The van der Waals surface area contributed by atoms with E-state index >= 15 is 0 Å². The van der Waals surface area contributed by atoms with Crippen LogP contribution in [0, 0.1) is 0 Å². The zero-order valence-corrected chi connectivity index (χ0v) is 12.3. The quantitative estimate of drug-likeness (QED) is 0.820. The topological polar surface area (TPSA) is 71.0 Å². The second-order valence-electron chi connectivity index (χ2n) is 4.75. The Kier molecular flexibility index (Phi) is 9.41. The molecule has 3 N–H and O–H groups in total. The Balaban J connectivity index is 0.000000344. The fourth-order valence-electron chi connectivity index (χ4n) is 1.09. The molecule has 106 valence electrons. The van der Waals surface area contributed by atoms with Gasteiger partial charge in [0.05, 0.1) is 18.1 Å². The lowest BCUT2D eigenvalue weighted by atomic mass is 10.1. The van der Waals surface area contributed by atoms with E-state index in [1.807, 2.05) is 39.8 Å². The van der Waals surface area contributed by atoms with Crippen LogP contribution in [-0.2, 0) is 6.42 Å². The van der Waals surface area contributed by atoms with E-state index in [-0.39, 0.29) is 0 Å². The Morgan fingerprint density at radius 3 is 1.89 bits per heavy atom. The first-order valence-corrected chi connectivity index (χ1v) is 6.58. The van der Waals surface area contributed by atoms with Crippen LogP contribution in [0.3, 0.4) is 0 Å². The average molecular weight is 263 g/mol. The van der Waals surface area contributed by atoms with E-state index in [1.165, 1.54) is 5.56 Å². The molecule has 4 nitrogen and oxygen atoms in total. The van der Waals surface area contributed by atoms with Gasteiger partial charge in [0.2, 0.25) is 0 Å². The van der Waals surface area contributed by atoms with Gasteiger partial charge in [-0.05, 0) is 58.4 Å². The molecule has 0 unspecified atom stereocenters. The number of phenolic OH excluding ortho intramolecular Hbond substituents is 1. The number of phenols is 1. The van der Waals surface area contributed by atoms with Crippen molar-refractivity contribution in [2.24, 2.45) is 15.7 Å². The summed E-state index contributed by atoms with van der Waals surface area (Å²) in [6.07, 6.45) is 0.875. The lowest BCUT2D eigenvalue weighted by Gasteiger charge is -1.96. The van der Waals surface area contributed by atoms with Crippen LogP contribution in [0.15, 0.2) is 34.3 Å². The highest BCUT2D eigenvalue weighted by atomic mass is 16.3. The van der Waals surface area contributed by atoms with Crippen LogP contribution >= 0.6 is 0 Å². The van der Waals surface area contributed by atoms with E-state index in [2.05, 4.69) is 16.0 Å². The molecule has 0 radical (unpaired) electrons. The van der Waals surface area contributed by atoms with Crippen LogP contribution in [0.25, 0.3) is 0 Å². The Morgan fingerprint density at radius 2 is 1.53 bits per heavy atom. The summed E-state index contributed by atoms with van der Waals surface area (Å²) in [5.74, 6) is 0.306. The maximum atomic E-state index is 8.89. The SMILES string of the molecule is CC(C)N=C=NC(C)C.NCCc1ccc(O)cc1. The Morgan fingerprint density at radius 1 is 1.05 bits per heavy atom. The van der Waals surface area contributed by atoms with Gasteiger partial charge in [-0.1, -0.05) is 12.1 Å². The van der Waals surface area contributed by atoms with Crippen molar-refractivity contribution in [1.29, 1.82) is 0 Å². The third kappa shape index (κ3) is 11.2. The second-order valence-corrected chi connectivity index (χ2v) is 4.75. The molecule has 0 bridgehead atoms. The zero-order valence-electron chi connectivity index (χ0n) is 12.3. The first-order chi connectivity index (χ1) is 8.95. The summed E-state index contributed by atoms with van der Waals surface area (Å²) in [4.78, 5) is 7.90. The molecule has 0 atom stereocenters. The molecule has 0 aliphatic carbocycles. The standard InChI is InChI=1S/C8H11NO.C7H14N2/c9-6-5-7-1-3-8(10)4-2-7;1-6(2)8-5-9-7(3)4/h1-4,10H,5-6,9H2;6-7H,1-4H3. The molecule has 0 spiro atoms. The number of nitrogens with zero attached hydrogens (tertiary/aromatic N) is 2. The van der Waals surface area contributed by atoms with Crippen LogP contribution < -0.4 is 5.73 Å². The van der Waals surface area contributed by atoms with E-state index in [1.54, 1.807) is 12.1 Å². The minimum absolute atomic E-state index is 0.306. The van der Waals surface area contributed by atoms with Gasteiger partial charge in [0.1, 0.15) is 5.75 Å². The fraction of sp³-hybridized carbons (Fsp3) is 0.533. The van der Waals surface area contributed by atoms with Crippen LogP contribution in [0.5, 0.6) is 5.75 Å². The van der Waals surface area contributed by atoms with Crippen molar-refractivity contribution in [3.05, 3.63) is 29.8 Å². The molecular weight excluding hydrogens is 238 g/mol. The molecule has 0 amide bonds. The average Bonchev–Trinajstić information content (AvgIpc) is 2.32. The predicted octanol–water partition coefficient (Wildman–Crippen LogP) is 2.87. The number of nitrogens with two attached hydrogens (primary N) is 1. The van der Waals surface area contributed by atoms with Gasteiger partial charge >= 0.3 is 0 Å². The molecule has 4 heteroatoms. The van der Waals surface area contributed by atoms with E-state index in [0.717, 1.165) is 6.42 Å². The molecule has 0 saturated heterocycles. The lowest BCUT2D eigenvalue weighted by Crippen LogP contribution is -2.01. The summed E-state index contributed by atoms with van der Waals surface area (Å²) >= 11 is 0. The summed E-state index contributed by atoms with van der Waals surface area (Å²) in [5, 5.41) is 8.89. The molecule has 0 saturated carbocycles. The normalized spacial score (nSPS) is 9.63. The molecular formula is C15H25N3O.